The number of aromatic amines is 1. The molecule has 3 aromatic rings. The quantitative estimate of drug-likeness (QED) is 0.445. The monoisotopic (exact) mass is 372 g/mol. The van der Waals surface area contributed by atoms with Gasteiger partial charge in [0, 0.05) is 46.3 Å². The minimum Gasteiger partial charge on any atom is -0.354 e. The second kappa shape index (κ2) is 8.21. The van der Waals surface area contributed by atoms with E-state index in [2.05, 4.69) is 29.9 Å². The van der Waals surface area contributed by atoms with E-state index in [0.717, 1.165) is 27.0 Å². The molecule has 3 rings (SSSR count). The normalized spacial score (nSPS) is 12.2. The van der Waals surface area contributed by atoms with Gasteiger partial charge in [0.15, 0.2) is 6.29 Å². The van der Waals surface area contributed by atoms with E-state index in [0.29, 0.717) is 19.8 Å². The first-order valence-electron chi connectivity index (χ1n) is 8.99. The molecule has 0 atom stereocenters. The molecular formula is C21H25ClN2O2. The molecule has 0 aliphatic carbocycles. The van der Waals surface area contributed by atoms with Crippen LogP contribution >= 0.6 is 11.6 Å². The first-order valence-corrected chi connectivity index (χ1v) is 9.37. The molecule has 26 heavy (non-hydrogen) atoms. The van der Waals surface area contributed by atoms with Crippen LogP contribution in [0.2, 0.25) is 5.02 Å². The molecule has 0 bridgehead atoms. The lowest BCUT2D eigenvalue weighted by Crippen LogP contribution is -2.20. The van der Waals surface area contributed by atoms with Crippen LogP contribution in [0.15, 0.2) is 29.3 Å². The largest absolute Gasteiger partial charge is 0.354 e. The van der Waals surface area contributed by atoms with Gasteiger partial charge in [-0.05, 0) is 68.7 Å². The Morgan fingerprint density at radius 2 is 1.88 bits per heavy atom. The number of rotatable bonds is 7. The smallest absolute Gasteiger partial charge is 0.176 e. The third-order valence-corrected chi connectivity index (χ3v) is 4.76. The van der Waals surface area contributed by atoms with E-state index >= 15 is 0 Å². The Kier molecular flexibility index (Phi) is 5.97. The molecule has 1 N–H and O–H groups in total. The van der Waals surface area contributed by atoms with Crippen molar-refractivity contribution >= 4 is 39.6 Å². The fraction of sp³-hybridized carbons (Fsp3) is 0.381. The molecule has 1 heterocycles. The van der Waals surface area contributed by atoms with Gasteiger partial charge in [0.2, 0.25) is 0 Å². The van der Waals surface area contributed by atoms with Crippen LogP contribution in [-0.4, -0.2) is 37.2 Å². The molecule has 138 valence electrons. The number of aryl methyl sites for hydroxylation is 2. The SMILES string of the molecule is CCOC(CN=Cc1cc(C)c2[nH]c3ccc(Cl)cc3c2c1C)OCC. The Morgan fingerprint density at radius 1 is 1.15 bits per heavy atom. The zero-order valence-electron chi connectivity index (χ0n) is 15.7. The molecule has 0 amide bonds. The Bertz CT molecular complexity index is 940. The van der Waals surface area contributed by atoms with Crippen molar-refractivity contribution in [1.82, 2.24) is 4.98 Å². The van der Waals surface area contributed by atoms with E-state index in [1.807, 2.05) is 38.3 Å². The molecule has 0 saturated heterocycles. The molecule has 5 heteroatoms. The lowest BCUT2D eigenvalue weighted by molar-refractivity contribution is -0.128. The average molecular weight is 373 g/mol. The van der Waals surface area contributed by atoms with Crippen molar-refractivity contribution in [2.24, 2.45) is 4.99 Å². The summed E-state index contributed by atoms with van der Waals surface area (Å²) in [4.78, 5) is 8.06. The molecule has 0 aliphatic heterocycles. The van der Waals surface area contributed by atoms with Gasteiger partial charge in [-0.2, -0.15) is 0 Å². The number of halogens is 1. The van der Waals surface area contributed by atoms with Gasteiger partial charge in [0.05, 0.1) is 6.54 Å². The van der Waals surface area contributed by atoms with Crippen LogP contribution in [0.25, 0.3) is 21.8 Å². The lowest BCUT2D eigenvalue weighted by Gasteiger charge is -2.14. The number of fused-ring (bicyclic) bond motifs is 3. The third-order valence-electron chi connectivity index (χ3n) is 4.52. The second-order valence-electron chi connectivity index (χ2n) is 6.31. The molecule has 0 fully saturated rings. The lowest BCUT2D eigenvalue weighted by atomic mass is 9.99. The maximum Gasteiger partial charge on any atom is 0.176 e. The summed E-state index contributed by atoms with van der Waals surface area (Å²) >= 11 is 6.22. The van der Waals surface area contributed by atoms with Gasteiger partial charge in [-0.25, -0.2) is 0 Å². The highest BCUT2D eigenvalue weighted by molar-refractivity contribution is 6.32. The third kappa shape index (κ3) is 3.78. The standard InChI is InChI=1S/C21H25ClN2O2/c1-5-25-19(26-6-2)12-23-11-15-9-13(3)21-20(14(15)4)17-10-16(22)7-8-18(17)24-21/h7-11,19,24H,5-6,12H2,1-4H3. The highest BCUT2D eigenvalue weighted by atomic mass is 35.5. The maximum absolute atomic E-state index is 6.22. The van der Waals surface area contributed by atoms with Crippen molar-refractivity contribution in [2.75, 3.05) is 19.8 Å². The van der Waals surface area contributed by atoms with Gasteiger partial charge < -0.3 is 14.5 Å². The summed E-state index contributed by atoms with van der Waals surface area (Å²) in [6, 6.07) is 8.12. The summed E-state index contributed by atoms with van der Waals surface area (Å²) < 4.78 is 11.1. The summed E-state index contributed by atoms with van der Waals surface area (Å²) in [6.45, 7) is 9.86. The maximum atomic E-state index is 6.22. The zero-order valence-corrected chi connectivity index (χ0v) is 16.5. The summed E-state index contributed by atoms with van der Waals surface area (Å²) in [6.07, 6.45) is 1.62. The highest BCUT2D eigenvalue weighted by Crippen LogP contribution is 2.33. The second-order valence-corrected chi connectivity index (χ2v) is 6.74. The Balaban J connectivity index is 1.99. The fourth-order valence-electron chi connectivity index (χ4n) is 3.30. The van der Waals surface area contributed by atoms with Crippen LogP contribution < -0.4 is 0 Å². The van der Waals surface area contributed by atoms with Crippen molar-refractivity contribution in [3.8, 4) is 0 Å². The number of benzene rings is 2. The van der Waals surface area contributed by atoms with E-state index in [-0.39, 0.29) is 6.29 Å². The molecule has 0 spiro atoms. The number of hydrogen-bond donors (Lipinski definition) is 1. The van der Waals surface area contributed by atoms with Crippen LogP contribution in [0.4, 0.5) is 0 Å². The van der Waals surface area contributed by atoms with E-state index in [9.17, 15) is 0 Å². The number of nitrogens with zero attached hydrogens (tertiary/aromatic N) is 1. The summed E-state index contributed by atoms with van der Waals surface area (Å²) in [7, 11) is 0. The van der Waals surface area contributed by atoms with Crippen LogP contribution in [0.3, 0.4) is 0 Å². The predicted octanol–water partition coefficient (Wildman–Crippen LogP) is 5.41. The van der Waals surface area contributed by atoms with Crippen molar-refractivity contribution in [1.29, 1.82) is 0 Å². The van der Waals surface area contributed by atoms with Crippen LogP contribution in [0, 0.1) is 13.8 Å². The predicted molar refractivity (Wildman–Crippen MR) is 110 cm³/mol. The number of H-pyrrole nitrogens is 1. The average Bonchev–Trinajstić information content (AvgIpc) is 2.99. The van der Waals surface area contributed by atoms with Gasteiger partial charge in [0.1, 0.15) is 0 Å². The minimum absolute atomic E-state index is 0.293. The zero-order chi connectivity index (χ0) is 18.7. The first-order chi connectivity index (χ1) is 12.5. The number of aliphatic imine (C=N–C) groups is 1. The molecular weight excluding hydrogens is 348 g/mol. The van der Waals surface area contributed by atoms with Gasteiger partial charge in [-0.1, -0.05) is 11.6 Å². The van der Waals surface area contributed by atoms with Crippen molar-refractivity contribution in [2.45, 2.75) is 34.0 Å². The number of hydrogen-bond acceptors (Lipinski definition) is 3. The Morgan fingerprint density at radius 3 is 2.58 bits per heavy atom. The first kappa shape index (κ1) is 18.9. The van der Waals surface area contributed by atoms with Crippen molar-refractivity contribution in [3.05, 3.63) is 46.0 Å². The number of ether oxygens (including phenoxy) is 2. The van der Waals surface area contributed by atoms with Gasteiger partial charge >= 0.3 is 0 Å². The van der Waals surface area contributed by atoms with E-state index in [4.69, 9.17) is 21.1 Å². The van der Waals surface area contributed by atoms with Crippen LogP contribution in [0.5, 0.6) is 0 Å². The van der Waals surface area contributed by atoms with E-state index < -0.39 is 0 Å². The van der Waals surface area contributed by atoms with Gasteiger partial charge in [-0.3, -0.25) is 4.99 Å². The Hall–Kier alpha value is -1.88. The number of aromatic nitrogens is 1. The highest BCUT2D eigenvalue weighted by Gasteiger charge is 2.13. The molecule has 0 saturated carbocycles. The molecule has 1 aromatic heterocycles. The minimum atomic E-state index is -0.293. The summed E-state index contributed by atoms with van der Waals surface area (Å²) in [5.41, 5.74) is 5.72. The Labute approximate surface area is 159 Å². The molecule has 4 nitrogen and oxygen atoms in total. The summed E-state index contributed by atoms with van der Waals surface area (Å²) in [5.74, 6) is 0. The molecule has 2 aromatic carbocycles. The van der Waals surface area contributed by atoms with E-state index in [1.165, 1.54) is 16.5 Å². The molecule has 0 unspecified atom stereocenters. The van der Waals surface area contributed by atoms with E-state index in [1.54, 1.807) is 0 Å². The van der Waals surface area contributed by atoms with Crippen molar-refractivity contribution < 1.29 is 9.47 Å². The topological polar surface area (TPSA) is 46.6 Å². The van der Waals surface area contributed by atoms with Crippen LogP contribution in [0.1, 0.15) is 30.5 Å². The van der Waals surface area contributed by atoms with Crippen LogP contribution in [-0.2, 0) is 9.47 Å². The number of nitrogens with one attached hydrogen (secondary N) is 1. The molecule has 0 aliphatic rings. The van der Waals surface area contributed by atoms with Crippen molar-refractivity contribution in [3.63, 3.8) is 0 Å². The van der Waals surface area contributed by atoms with Gasteiger partial charge in [0.25, 0.3) is 0 Å². The summed E-state index contributed by atoms with van der Waals surface area (Å²) in [5, 5.41) is 3.09. The van der Waals surface area contributed by atoms with Gasteiger partial charge in [-0.15, -0.1) is 0 Å². The fourth-order valence-corrected chi connectivity index (χ4v) is 3.48. The molecule has 0 radical (unpaired) electrons.